The Morgan fingerprint density at radius 2 is 2.06 bits per heavy atom. The minimum atomic E-state index is -0.900. The Morgan fingerprint density at radius 3 is 2.56 bits per heavy atom. The number of piperazine rings is 1. The Morgan fingerprint density at radius 1 is 1.44 bits per heavy atom. The topological polar surface area (TPSA) is 64.1 Å². The highest BCUT2D eigenvalue weighted by molar-refractivity contribution is 5.81. The first kappa shape index (κ1) is 14.9. The summed E-state index contributed by atoms with van der Waals surface area (Å²) in [7, 11) is 3.43. The number of rotatable bonds is 4. The fourth-order valence-electron chi connectivity index (χ4n) is 1.92. The number of carbonyl (C=O) groups is 2. The van der Waals surface area contributed by atoms with Crippen LogP contribution in [0.15, 0.2) is 0 Å². The molecule has 2 amide bonds. The predicted octanol–water partition coefficient (Wildman–Crippen LogP) is -1.01. The normalized spacial score (nSPS) is 18.1. The van der Waals surface area contributed by atoms with Crippen molar-refractivity contribution in [2.45, 2.75) is 19.4 Å². The molecule has 0 aliphatic carbocycles. The second-order valence-corrected chi connectivity index (χ2v) is 5.59. The van der Waals surface area contributed by atoms with Crippen molar-refractivity contribution >= 4 is 11.8 Å². The Hall–Kier alpha value is -1.14. The molecular formula is C12H23N3O3. The van der Waals surface area contributed by atoms with Gasteiger partial charge < -0.3 is 14.9 Å². The van der Waals surface area contributed by atoms with Crippen LogP contribution in [0.2, 0.25) is 0 Å². The summed E-state index contributed by atoms with van der Waals surface area (Å²) in [5, 5.41) is 9.65. The zero-order chi connectivity index (χ0) is 13.9. The van der Waals surface area contributed by atoms with Crippen molar-refractivity contribution in [2.24, 2.45) is 0 Å². The van der Waals surface area contributed by atoms with Gasteiger partial charge in [-0.25, -0.2) is 0 Å². The van der Waals surface area contributed by atoms with Crippen LogP contribution in [0.3, 0.4) is 0 Å². The Labute approximate surface area is 108 Å². The van der Waals surface area contributed by atoms with Gasteiger partial charge in [-0.3, -0.25) is 14.5 Å². The third-order valence-corrected chi connectivity index (χ3v) is 2.94. The van der Waals surface area contributed by atoms with Crippen molar-refractivity contribution in [1.29, 1.82) is 0 Å². The number of nitrogens with zero attached hydrogens (tertiary/aromatic N) is 3. The molecule has 104 valence electrons. The summed E-state index contributed by atoms with van der Waals surface area (Å²) in [6, 6.07) is 0. The van der Waals surface area contributed by atoms with Crippen LogP contribution in [-0.4, -0.2) is 84.0 Å². The van der Waals surface area contributed by atoms with E-state index in [1.165, 1.54) is 4.90 Å². The molecule has 0 aromatic rings. The molecule has 1 fully saturated rings. The van der Waals surface area contributed by atoms with Gasteiger partial charge in [-0.15, -0.1) is 0 Å². The number of likely N-dealkylation sites (N-methyl/N-ethyl adjacent to an activating group) is 2. The molecule has 1 rings (SSSR count). The van der Waals surface area contributed by atoms with Crippen molar-refractivity contribution in [2.75, 3.05) is 46.8 Å². The van der Waals surface area contributed by atoms with Crippen LogP contribution in [0.1, 0.15) is 13.8 Å². The second-order valence-electron chi connectivity index (χ2n) is 5.59. The summed E-state index contributed by atoms with van der Waals surface area (Å²) in [4.78, 5) is 28.4. The first-order chi connectivity index (χ1) is 8.19. The first-order valence-corrected chi connectivity index (χ1v) is 6.12. The van der Waals surface area contributed by atoms with E-state index in [0.717, 1.165) is 0 Å². The molecule has 0 aromatic carbocycles. The van der Waals surface area contributed by atoms with Crippen molar-refractivity contribution in [1.82, 2.24) is 14.7 Å². The van der Waals surface area contributed by atoms with E-state index in [-0.39, 0.29) is 24.9 Å². The van der Waals surface area contributed by atoms with Crippen LogP contribution in [0.25, 0.3) is 0 Å². The lowest BCUT2D eigenvalue weighted by molar-refractivity contribution is -0.138. The molecule has 6 heteroatoms. The highest BCUT2D eigenvalue weighted by Crippen LogP contribution is 2.05. The Bertz CT molecular complexity index is 325. The molecule has 0 spiro atoms. The monoisotopic (exact) mass is 257 g/mol. The van der Waals surface area contributed by atoms with Gasteiger partial charge in [0, 0.05) is 33.7 Å². The van der Waals surface area contributed by atoms with Crippen molar-refractivity contribution < 1.29 is 14.7 Å². The molecule has 0 atom stereocenters. The molecule has 0 aromatic heterocycles. The Balaban J connectivity index is 2.43. The quantitative estimate of drug-likeness (QED) is 0.701. The lowest BCUT2D eigenvalue weighted by Crippen LogP contribution is -2.52. The van der Waals surface area contributed by atoms with Crippen LogP contribution in [0.4, 0.5) is 0 Å². The third-order valence-electron chi connectivity index (χ3n) is 2.94. The molecule has 0 saturated carbocycles. The van der Waals surface area contributed by atoms with Gasteiger partial charge in [-0.1, -0.05) is 0 Å². The smallest absolute Gasteiger partial charge is 0.236 e. The average molecular weight is 257 g/mol. The van der Waals surface area contributed by atoms with Crippen LogP contribution >= 0.6 is 0 Å². The molecule has 1 saturated heterocycles. The molecule has 18 heavy (non-hydrogen) atoms. The number of amides is 2. The molecule has 1 aliphatic heterocycles. The number of hydrogen-bond acceptors (Lipinski definition) is 4. The predicted molar refractivity (Wildman–Crippen MR) is 68.0 cm³/mol. The number of carbonyl (C=O) groups excluding carboxylic acids is 2. The second kappa shape index (κ2) is 5.67. The van der Waals surface area contributed by atoms with Crippen molar-refractivity contribution in [3.63, 3.8) is 0 Å². The fourth-order valence-corrected chi connectivity index (χ4v) is 1.92. The van der Waals surface area contributed by atoms with Gasteiger partial charge in [0.05, 0.1) is 18.7 Å². The van der Waals surface area contributed by atoms with E-state index in [2.05, 4.69) is 0 Å². The molecule has 0 bridgehead atoms. The molecule has 0 radical (unpaired) electrons. The molecule has 0 unspecified atom stereocenters. The van der Waals surface area contributed by atoms with Gasteiger partial charge in [0.2, 0.25) is 11.8 Å². The SMILES string of the molecule is CN1CCN(CC(=O)N(C)CC(C)(C)O)CC1=O. The highest BCUT2D eigenvalue weighted by atomic mass is 16.3. The molecule has 6 nitrogen and oxygen atoms in total. The van der Waals surface area contributed by atoms with Gasteiger partial charge in [-0.2, -0.15) is 0 Å². The van der Waals surface area contributed by atoms with Gasteiger partial charge in [-0.05, 0) is 13.8 Å². The van der Waals surface area contributed by atoms with E-state index in [4.69, 9.17) is 0 Å². The van der Waals surface area contributed by atoms with Crippen LogP contribution in [0, 0.1) is 0 Å². The summed E-state index contributed by atoms with van der Waals surface area (Å²) >= 11 is 0. The minimum Gasteiger partial charge on any atom is -0.389 e. The Kier molecular flexibility index (Phi) is 4.70. The lowest BCUT2D eigenvalue weighted by atomic mass is 10.1. The van der Waals surface area contributed by atoms with Crippen molar-refractivity contribution in [3.8, 4) is 0 Å². The first-order valence-electron chi connectivity index (χ1n) is 6.12. The van der Waals surface area contributed by atoms with Crippen LogP contribution in [0.5, 0.6) is 0 Å². The number of aliphatic hydroxyl groups is 1. The summed E-state index contributed by atoms with van der Waals surface area (Å²) in [5.74, 6) is -0.0336. The van der Waals surface area contributed by atoms with E-state index in [1.807, 2.05) is 4.90 Å². The maximum Gasteiger partial charge on any atom is 0.236 e. The van der Waals surface area contributed by atoms with Gasteiger partial charge in [0.15, 0.2) is 0 Å². The average Bonchev–Trinajstić information content (AvgIpc) is 2.21. The third kappa shape index (κ3) is 4.62. The summed E-state index contributed by atoms with van der Waals surface area (Å²) in [6.07, 6.45) is 0. The van der Waals surface area contributed by atoms with Gasteiger partial charge in [0.1, 0.15) is 0 Å². The summed E-state index contributed by atoms with van der Waals surface area (Å²) in [6.45, 7) is 5.50. The van der Waals surface area contributed by atoms with Crippen molar-refractivity contribution in [3.05, 3.63) is 0 Å². The molecular weight excluding hydrogens is 234 g/mol. The van der Waals surface area contributed by atoms with Crippen LogP contribution in [-0.2, 0) is 9.59 Å². The zero-order valence-corrected chi connectivity index (χ0v) is 11.6. The summed E-state index contributed by atoms with van der Waals surface area (Å²) in [5.41, 5.74) is -0.900. The van der Waals surface area contributed by atoms with E-state index in [1.54, 1.807) is 32.8 Å². The van der Waals surface area contributed by atoms with E-state index in [9.17, 15) is 14.7 Å². The minimum absolute atomic E-state index is 0.0409. The molecule has 1 heterocycles. The van der Waals surface area contributed by atoms with E-state index in [0.29, 0.717) is 19.6 Å². The number of hydrogen-bond donors (Lipinski definition) is 1. The van der Waals surface area contributed by atoms with Gasteiger partial charge in [0.25, 0.3) is 0 Å². The zero-order valence-electron chi connectivity index (χ0n) is 11.6. The maximum absolute atomic E-state index is 11.9. The summed E-state index contributed by atoms with van der Waals surface area (Å²) < 4.78 is 0. The highest BCUT2D eigenvalue weighted by Gasteiger charge is 2.25. The van der Waals surface area contributed by atoms with Gasteiger partial charge >= 0.3 is 0 Å². The lowest BCUT2D eigenvalue weighted by Gasteiger charge is -2.33. The fraction of sp³-hybridized carbons (Fsp3) is 0.833. The van der Waals surface area contributed by atoms with E-state index >= 15 is 0 Å². The maximum atomic E-state index is 11.9. The molecule has 1 aliphatic rings. The van der Waals surface area contributed by atoms with Crippen LogP contribution < -0.4 is 0 Å². The van der Waals surface area contributed by atoms with E-state index < -0.39 is 5.60 Å². The molecule has 1 N–H and O–H groups in total. The largest absolute Gasteiger partial charge is 0.389 e. The standard InChI is InChI=1S/C12H23N3O3/c1-12(2,18)9-14(4)11(17)8-15-6-5-13(3)10(16)7-15/h18H,5-9H2,1-4H3.